The number of hydrogen-bond acceptors (Lipinski definition) is 2. The fourth-order valence-corrected chi connectivity index (χ4v) is 4.09. The van der Waals surface area contributed by atoms with Gasteiger partial charge in [0.25, 0.3) is 0 Å². The van der Waals surface area contributed by atoms with E-state index in [0.717, 1.165) is 11.4 Å². The van der Waals surface area contributed by atoms with Crippen molar-refractivity contribution >= 4 is 40.5 Å². The number of rotatable bonds is 5. The standard InChI is InChI=1S/C26H23ClN2O2/c27-19-10-9-11-20(18-19)28-25(30)23-16-7-8-17-24(23)26(31)29(21-12-3-1-4-13-21)22-14-5-2-6-15-22/h1-15,18,23-24H,16-17H2,(H,28,30). The first kappa shape index (κ1) is 20.9. The van der Waals surface area contributed by atoms with E-state index in [9.17, 15) is 9.59 Å². The van der Waals surface area contributed by atoms with Crippen LogP contribution in [0.15, 0.2) is 97.1 Å². The molecule has 3 aromatic carbocycles. The highest BCUT2D eigenvalue weighted by Crippen LogP contribution is 2.34. The number of para-hydroxylation sites is 2. The minimum absolute atomic E-state index is 0.0898. The van der Waals surface area contributed by atoms with Gasteiger partial charge >= 0.3 is 0 Å². The molecule has 2 atom stereocenters. The summed E-state index contributed by atoms with van der Waals surface area (Å²) in [4.78, 5) is 28.7. The number of nitrogens with zero attached hydrogens (tertiary/aromatic N) is 1. The van der Waals surface area contributed by atoms with Crippen molar-refractivity contribution < 1.29 is 9.59 Å². The molecule has 2 amide bonds. The number of allylic oxidation sites excluding steroid dienone is 2. The molecule has 4 nitrogen and oxygen atoms in total. The van der Waals surface area contributed by atoms with Gasteiger partial charge in [0.05, 0.1) is 11.8 Å². The van der Waals surface area contributed by atoms with Crippen LogP contribution in [0.25, 0.3) is 0 Å². The van der Waals surface area contributed by atoms with Crippen LogP contribution in [0.1, 0.15) is 12.8 Å². The van der Waals surface area contributed by atoms with Crippen LogP contribution in [-0.2, 0) is 9.59 Å². The van der Waals surface area contributed by atoms with Gasteiger partial charge in [-0.25, -0.2) is 0 Å². The summed E-state index contributed by atoms with van der Waals surface area (Å²) in [5.74, 6) is -1.20. The van der Waals surface area contributed by atoms with E-state index < -0.39 is 11.8 Å². The van der Waals surface area contributed by atoms with E-state index in [1.54, 1.807) is 29.2 Å². The summed E-state index contributed by atoms with van der Waals surface area (Å²) < 4.78 is 0. The van der Waals surface area contributed by atoms with Crippen molar-refractivity contribution in [2.24, 2.45) is 11.8 Å². The first-order valence-electron chi connectivity index (χ1n) is 10.3. The molecule has 3 aromatic rings. The molecule has 0 bridgehead atoms. The Morgan fingerprint density at radius 2 is 1.35 bits per heavy atom. The van der Waals surface area contributed by atoms with Crippen molar-refractivity contribution in [2.45, 2.75) is 12.8 Å². The maximum absolute atomic E-state index is 13.8. The van der Waals surface area contributed by atoms with Crippen LogP contribution in [-0.4, -0.2) is 11.8 Å². The summed E-state index contributed by atoms with van der Waals surface area (Å²) in [6.45, 7) is 0. The topological polar surface area (TPSA) is 49.4 Å². The third-order valence-corrected chi connectivity index (χ3v) is 5.66. The maximum atomic E-state index is 13.8. The SMILES string of the molecule is O=C(Nc1cccc(Cl)c1)C1CC=CCC1C(=O)N(c1ccccc1)c1ccccc1. The summed E-state index contributed by atoms with van der Waals surface area (Å²) in [5.41, 5.74) is 2.19. The zero-order valence-electron chi connectivity index (χ0n) is 16.9. The first-order valence-corrected chi connectivity index (χ1v) is 10.7. The van der Waals surface area contributed by atoms with Crippen molar-refractivity contribution in [3.8, 4) is 0 Å². The van der Waals surface area contributed by atoms with E-state index >= 15 is 0 Å². The smallest absolute Gasteiger partial charge is 0.235 e. The Hall–Kier alpha value is -3.37. The number of nitrogens with one attached hydrogen (secondary N) is 1. The first-order chi connectivity index (χ1) is 15.1. The van der Waals surface area contributed by atoms with Crippen LogP contribution in [0.3, 0.4) is 0 Å². The van der Waals surface area contributed by atoms with Gasteiger partial charge in [0.2, 0.25) is 11.8 Å². The fourth-order valence-electron chi connectivity index (χ4n) is 3.90. The molecule has 1 aliphatic carbocycles. The Morgan fingerprint density at radius 3 is 1.94 bits per heavy atom. The molecule has 4 rings (SSSR count). The van der Waals surface area contributed by atoms with Crippen LogP contribution in [0.4, 0.5) is 17.1 Å². The van der Waals surface area contributed by atoms with Gasteiger partial charge in [-0.2, -0.15) is 0 Å². The number of carbonyl (C=O) groups excluding carboxylic acids is 2. The summed E-state index contributed by atoms with van der Waals surface area (Å²) in [5, 5.41) is 3.48. The van der Waals surface area contributed by atoms with Crippen molar-refractivity contribution in [1.29, 1.82) is 0 Å². The maximum Gasteiger partial charge on any atom is 0.235 e. The molecule has 0 saturated heterocycles. The highest BCUT2D eigenvalue weighted by Gasteiger charge is 2.37. The minimum atomic E-state index is -0.468. The largest absolute Gasteiger partial charge is 0.326 e. The number of hydrogen-bond donors (Lipinski definition) is 1. The zero-order valence-corrected chi connectivity index (χ0v) is 17.7. The Balaban J connectivity index is 1.63. The molecule has 5 heteroatoms. The second-order valence-corrected chi connectivity index (χ2v) is 7.94. The molecular formula is C26H23ClN2O2. The highest BCUT2D eigenvalue weighted by atomic mass is 35.5. The lowest BCUT2D eigenvalue weighted by Crippen LogP contribution is -2.41. The molecule has 1 N–H and O–H groups in total. The number of halogens is 1. The summed E-state index contributed by atoms with van der Waals surface area (Å²) >= 11 is 6.05. The van der Waals surface area contributed by atoms with Gasteiger partial charge in [-0.1, -0.05) is 66.2 Å². The van der Waals surface area contributed by atoms with Gasteiger partial charge in [0.15, 0.2) is 0 Å². The van der Waals surface area contributed by atoms with Crippen molar-refractivity contribution in [2.75, 3.05) is 10.2 Å². The van der Waals surface area contributed by atoms with Gasteiger partial charge in [-0.05, 0) is 55.3 Å². The third-order valence-electron chi connectivity index (χ3n) is 5.43. The molecule has 31 heavy (non-hydrogen) atoms. The van der Waals surface area contributed by atoms with Crippen molar-refractivity contribution in [3.05, 3.63) is 102 Å². The van der Waals surface area contributed by atoms with E-state index in [1.165, 1.54) is 0 Å². The molecule has 0 fully saturated rings. The molecule has 0 aromatic heterocycles. The molecule has 1 aliphatic rings. The van der Waals surface area contributed by atoms with Crippen LogP contribution in [0.5, 0.6) is 0 Å². The number of anilines is 3. The number of carbonyl (C=O) groups is 2. The zero-order chi connectivity index (χ0) is 21.6. The lowest BCUT2D eigenvalue weighted by molar-refractivity contribution is -0.130. The summed E-state index contributed by atoms with van der Waals surface area (Å²) in [6, 6.07) is 26.1. The predicted molar refractivity (Wildman–Crippen MR) is 125 cm³/mol. The molecule has 0 spiro atoms. The van der Waals surface area contributed by atoms with Gasteiger partial charge < -0.3 is 5.32 Å². The quantitative estimate of drug-likeness (QED) is 0.488. The molecule has 2 unspecified atom stereocenters. The average Bonchev–Trinajstić information content (AvgIpc) is 2.80. The van der Waals surface area contributed by atoms with E-state index in [1.807, 2.05) is 72.8 Å². The van der Waals surface area contributed by atoms with Crippen LogP contribution >= 0.6 is 11.6 Å². The normalized spacial score (nSPS) is 17.7. The Kier molecular flexibility index (Phi) is 6.48. The molecule has 0 saturated carbocycles. The molecule has 0 heterocycles. The van der Waals surface area contributed by atoms with E-state index in [0.29, 0.717) is 23.6 Å². The molecular weight excluding hydrogens is 408 g/mol. The van der Waals surface area contributed by atoms with E-state index in [4.69, 9.17) is 11.6 Å². The van der Waals surface area contributed by atoms with Crippen LogP contribution in [0, 0.1) is 11.8 Å². The second kappa shape index (κ2) is 9.63. The van der Waals surface area contributed by atoms with E-state index in [2.05, 4.69) is 5.32 Å². The Bertz CT molecular complexity index is 1040. The molecule has 0 aliphatic heterocycles. The van der Waals surface area contributed by atoms with Crippen molar-refractivity contribution in [1.82, 2.24) is 0 Å². The Labute approximate surface area is 187 Å². The minimum Gasteiger partial charge on any atom is -0.326 e. The van der Waals surface area contributed by atoms with Gasteiger partial charge in [-0.3, -0.25) is 14.5 Å². The third kappa shape index (κ3) is 4.86. The van der Waals surface area contributed by atoms with E-state index in [-0.39, 0.29) is 11.8 Å². The van der Waals surface area contributed by atoms with Gasteiger partial charge in [0, 0.05) is 22.1 Å². The summed E-state index contributed by atoms with van der Waals surface area (Å²) in [7, 11) is 0. The van der Waals surface area contributed by atoms with Gasteiger partial charge in [-0.15, -0.1) is 0 Å². The molecule has 0 radical (unpaired) electrons. The van der Waals surface area contributed by atoms with Crippen molar-refractivity contribution in [3.63, 3.8) is 0 Å². The monoisotopic (exact) mass is 430 g/mol. The lowest BCUT2D eigenvalue weighted by Gasteiger charge is -2.32. The number of benzene rings is 3. The number of amides is 2. The van der Waals surface area contributed by atoms with Crippen LogP contribution in [0.2, 0.25) is 5.02 Å². The highest BCUT2D eigenvalue weighted by molar-refractivity contribution is 6.30. The molecule has 156 valence electrons. The van der Waals surface area contributed by atoms with Crippen LogP contribution < -0.4 is 10.2 Å². The predicted octanol–water partition coefficient (Wildman–Crippen LogP) is 6.23. The average molecular weight is 431 g/mol. The fraction of sp³-hybridized carbons (Fsp3) is 0.154. The Morgan fingerprint density at radius 1 is 0.774 bits per heavy atom. The second-order valence-electron chi connectivity index (χ2n) is 7.50. The van der Waals surface area contributed by atoms with Gasteiger partial charge in [0.1, 0.15) is 0 Å². The lowest BCUT2D eigenvalue weighted by atomic mass is 9.81. The summed E-state index contributed by atoms with van der Waals surface area (Å²) in [6.07, 6.45) is 4.99.